The Morgan fingerprint density at radius 2 is 1.83 bits per heavy atom. The summed E-state index contributed by atoms with van der Waals surface area (Å²) < 4.78 is 12.7. The van der Waals surface area contributed by atoms with Gasteiger partial charge in [-0.3, -0.25) is 4.79 Å². The smallest absolute Gasteiger partial charge is 0.255 e. The van der Waals surface area contributed by atoms with Gasteiger partial charge >= 0.3 is 0 Å². The predicted molar refractivity (Wildman–Crippen MR) is 70.5 cm³/mol. The van der Waals surface area contributed by atoms with E-state index >= 15 is 0 Å². The first-order valence-corrected chi connectivity index (χ1v) is 5.77. The molecule has 1 amide bonds. The van der Waals surface area contributed by atoms with E-state index in [-0.39, 0.29) is 11.7 Å². The van der Waals surface area contributed by atoms with E-state index in [0.29, 0.717) is 16.3 Å². The second-order valence-corrected chi connectivity index (χ2v) is 4.36. The van der Waals surface area contributed by atoms with Crippen molar-refractivity contribution in [3.63, 3.8) is 0 Å². The van der Waals surface area contributed by atoms with Crippen LogP contribution >= 0.6 is 11.6 Å². The molecule has 2 aromatic rings. The van der Waals surface area contributed by atoms with E-state index in [1.165, 1.54) is 24.3 Å². The highest BCUT2D eigenvalue weighted by Gasteiger charge is 2.07. The highest BCUT2D eigenvalue weighted by atomic mass is 35.5. The van der Waals surface area contributed by atoms with Crippen LogP contribution in [0.2, 0.25) is 5.02 Å². The Morgan fingerprint density at radius 1 is 1.17 bits per heavy atom. The fourth-order valence-corrected chi connectivity index (χ4v) is 1.79. The summed E-state index contributed by atoms with van der Waals surface area (Å²) in [6, 6.07) is 10.6. The van der Waals surface area contributed by atoms with Crippen molar-refractivity contribution >= 4 is 23.2 Å². The molecule has 0 fully saturated rings. The number of carbonyl (C=O) groups excluding carboxylic acids is 1. The number of anilines is 1. The van der Waals surface area contributed by atoms with Crippen LogP contribution < -0.4 is 5.32 Å². The molecule has 0 aliphatic rings. The first kappa shape index (κ1) is 12.6. The summed E-state index contributed by atoms with van der Waals surface area (Å²) in [6.45, 7) is 1.85. The number of aryl methyl sites for hydroxylation is 1. The van der Waals surface area contributed by atoms with Crippen molar-refractivity contribution in [2.75, 3.05) is 5.32 Å². The molecule has 0 atom stereocenters. The third-order valence-corrected chi connectivity index (χ3v) is 2.78. The topological polar surface area (TPSA) is 29.1 Å². The molecular weight excluding hydrogens is 253 g/mol. The van der Waals surface area contributed by atoms with Crippen LogP contribution in [0.3, 0.4) is 0 Å². The lowest BCUT2D eigenvalue weighted by atomic mass is 10.1. The Kier molecular flexibility index (Phi) is 3.63. The van der Waals surface area contributed by atoms with E-state index in [1.807, 2.05) is 6.92 Å². The van der Waals surface area contributed by atoms with Gasteiger partial charge in [-0.15, -0.1) is 0 Å². The van der Waals surface area contributed by atoms with Gasteiger partial charge in [-0.25, -0.2) is 4.39 Å². The highest BCUT2D eigenvalue weighted by Crippen LogP contribution is 2.20. The predicted octanol–water partition coefficient (Wildman–Crippen LogP) is 4.04. The average Bonchev–Trinajstić information content (AvgIpc) is 2.33. The zero-order valence-corrected chi connectivity index (χ0v) is 10.5. The maximum atomic E-state index is 12.7. The molecular formula is C14H11ClFNO. The summed E-state index contributed by atoms with van der Waals surface area (Å²) in [5, 5.41) is 3.37. The third kappa shape index (κ3) is 2.87. The van der Waals surface area contributed by atoms with E-state index in [4.69, 9.17) is 11.6 Å². The molecule has 0 aliphatic heterocycles. The van der Waals surface area contributed by atoms with Crippen LogP contribution in [0.1, 0.15) is 15.9 Å². The van der Waals surface area contributed by atoms with Gasteiger partial charge in [-0.05, 0) is 55.0 Å². The summed E-state index contributed by atoms with van der Waals surface area (Å²) in [7, 11) is 0. The fraction of sp³-hybridized carbons (Fsp3) is 0.0714. The summed E-state index contributed by atoms with van der Waals surface area (Å²) in [5.41, 5.74) is 1.97. The lowest BCUT2D eigenvalue weighted by molar-refractivity contribution is 0.102. The second-order valence-electron chi connectivity index (χ2n) is 3.92. The molecule has 1 N–H and O–H groups in total. The number of amides is 1. The van der Waals surface area contributed by atoms with Gasteiger partial charge in [0.2, 0.25) is 0 Å². The first-order valence-electron chi connectivity index (χ1n) is 5.39. The van der Waals surface area contributed by atoms with Crippen molar-refractivity contribution in [3.05, 3.63) is 64.4 Å². The van der Waals surface area contributed by atoms with Gasteiger partial charge in [-0.2, -0.15) is 0 Å². The lowest BCUT2D eigenvalue weighted by Gasteiger charge is -2.08. The van der Waals surface area contributed by atoms with E-state index < -0.39 is 0 Å². The molecule has 0 radical (unpaired) electrons. The van der Waals surface area contributed by atoms with E-state index in [9.17, 15) is 9.18 Å². The van der Waals surface area contributed by atoms with Crippen LogP contribution in [0.4, 0.5) is 10.1 Å². The molecule has 0 unspecified atom stereocenters. The normalized spacial score (nSPS) is 10.2. The highest BCUT2D eigenvalue weighted by molar-refractivity contribution is 6.30. The van der Waals surface area contributed by atoms with E-state index in [0.717, 1.165) is 5.56 Å². The van der Waals surface area contributed by atoms with Crippen molar-refractivity contribution in [1.82, 2.24) is 0 Å². The van der Waals surface area contributed by atoms with E-state index in [2.05, 4.69) is 5.32 Å². The molecule has 0 spiro atoms. The van der Waals surface area contributed by atoms with Crippen molar-refractivity contribution in [2.24, 2.45) is 0 Å². The number of hydrogen-bond donors (Lipinski definition) is 1. The largest absolute Gasteiger partial charge is 0.322 e. The average molecular weight is 264 g/mol. The molecule has 2 aromatic carbocycles. The van der Waals surface area contributed by atoms with Gasteiger partial charge in [0.25, 0.3) is 5.91 Å². The monoisotopic (exact) mass is 263 g/mol. The Bertz CT molecular complexity index is 581. The molecule has 0 aromatic heterocycles. The number of rotatable bonds is 2. The number of hydrogen-bond acceptors (Lipinski definition) is 1. The van der Waals surface area contributed by atoms with Gasteiger partial charge in [0, 0.05) is 16.3 Å². The minimum atomic E-state index is -0.366. The number of halogens is 2. The van der Waals surface area contributed by atoms with Crippen molar-refractivity contribution in [3.8, 4) is 0 Å². The molecule has 0 aliphatic carbocycles. The number of nitrogens with one attached hydrogen (secondary N) is 1. The summed E-state index contributed by atoms with van der Waals surface area (Å²) in [5.74, 6) is -0.644. The van der Waals surface area contributed by atoms with Gasteiger partial charge in [0.05, 0.1) is 0 Å². The molecule has 0 saturated heterocycles. The van der Waals surface area contributed by atoms with Crippen LogP contribution in [-0.2, 0) is 0 Å². The Hall–Kier alpha value is -1.87. The van der Waals surface area contributed by atoms with E-state index in [1.54, 1.807) is 18.2 Å². The third-order valence-electron chi connectivity index (χ3n) is 2.54. The lowest BCUT2D eigenvalue weighted by Crippen LogP contribution is -2.12. The maximum absolute atomic E-state index is 12.7. The van der Waals surface area contributed by atoms with Crippen molar-refractivity contribution in [2.45, 2.75) is 6.92 Å². The van der Waals surface area contributed by atoms with Gasteiger partial charge in [-0.1, -0.05) is 11.6 Å². The standard InChI is InChI=1S/C14H11ClFNO/c1-9-8-11(15)4-7-13(9)17-14(18)10-2-5-12(16)6-3-10/h2-8H,1H3,(H,17,18). The van der Waals surface area contributed by atoms with Crippen LogP contribution in [0.25, 0.3) is 0 Å². The molecule has 0 bridgehead atoms. The molecule has 4 heteroatoms. The molecule has 0 saturated carbocycles. The first-order chi connectivity index (χ1) is 8.56. The number of carbonyl (C=O) groups is 1. The van der Waals surface area contributed by atoms with Gasteiger partial charge in [0.1, 0.15) is 5.82 Å². The molecule has 92 valence electrons. The van der Waals surface area contributed by atoms with Crippen LogP contribution in [0.15, 0.2) is 42.5 Å². The van der Waals surface area contributed by atoms with Crippen LogP contribution in [0.5, 0.6) is 0 Å². The Balaban J connectivity index is 2.18. The summed E-state index contributed by atoms with van der Waals surface area (Å²) >= 11 is 5.83. The Morgan fingerprint density at radius 3 is 2.44 bits per heavy atom. The molecule has 18 heavy (non-hydrogen) atoms. The second kappa shape index (κ2) is 5.19. The molecule has 2 nitrogen and oxygen atoms in total. The quantitative estimate of drug-likeness (QED) is 0.870. The number of benzene rings is 2. The SMILES string of the molecule is Cc1cc(Cl)ccc1NC(=O)c1ccc(F)cc1. The minimum absolute atomic E-state index is 0.277. The van der Waals surface area contributed by atoms with Crippen LogP contribution in [0, 0.1) is 12.7 Å². The summed E-state index contributed by atoms with van der Waals surface area (Å²) in [4.78, 5) is 11.9. The zero-order chi connectivity index (χ0) is 13.1. The zero-order valence-electron chi connectivity index (χ0n) is 9.71. The maximum Gasteiger partial charge on any atom is 0.255 e. The molecule has 2 rings (SSSR count). The van der Waals surface area contributed by atoms with Crippen molar-refractivity contribution < 1.29 is 9.18 Å². The minimum Gasteiger partial charge on any atom is -0.322 e. The summed E-state index contributed by atoms with van der Waals surface area (Å²) in [6.07, 6.45) is 0. The fourth-order valence-electron chi connectivity index (χ4n) is 1.56. The van der Waals surface area contributed by atoms with Crippen LogP contribution in [-0.4, -0.2) is 5.91 Å². The molecule has 0 heterocycles. The Labute approximate surface area is 109 Å². The van der Waals surface area contributed by atoms with Gasteiger partial charge < -0.3 is 5.32 Å². The van der Waals surface area contributed by atoms with Gasteiger partial charge in [0.15, 0.2) is 0 Å². The van der Waals surface area contributed by atoms with Crippen molar-refractivity contribution in [1.29, 1.82) is 0 Å².